The Bertz CT molecular complexity index is 824. The number of nitrogens with two attached hydrogens (primary N) is 1. The number of methoxy groups -OCH3 is 1. The number of nitrogens with zero attached hydrogens (tertiary/aromatic N) is 4. The molecule has 1 saturated heterocycles. The second kappa shape index (κ2) is 10.2. The third-order valence-electron chi connectivity index (χ3n) is 5.30. The number of ether oxygens (including phenoxy) is 1. The summed E-state index contributed by atoms with van der Waals surface area (Å²) in [5.74, 6) is 0.811. The molecule has 6 nitrogen and oxygen atoms in total. The van der Waals surface area contributed by atoms with Gasteiger partial charge in [-0.05, 0) is 61.5 Å². The first-order valence-corrected chi connectivity index (χ1v) is 10.1. The van der Waals surface area contributed by atoms with Gasteiger partial charge in [-0.2, -0.15) is 0 Å². The molecule has 1 aromatic heterocycles. The molecule has 1 aliphatic heterocycles. The molecule has 2 aromatic rings. The molecule has 29 heavy (non-hydrogen) atoms. The number of rotatable bonds is 7. The van der Waals surface area contributed by atoms with Gasteiger partial charge >= 0.3 is 0 Å². The smallest absolute Gasteiger partial charge is 0.118 e. The van der Waals surface area contributed by atoms with Crippen molar-refractivity contribution in [3.05, 3.63) is 66.0 Å². The summed E-state index contributed by atoms with van der Waals surface area (Å²) in [5, 5.41) is 0. The Labute approximate surface area is 173 Å². The third kappa shape index (κ3) is 5.65. The minimum Gasteiger partial charge on any atom is -0.497 e. The standard InChI is InChI=1S/C23H31N5O/c1-4-23(28-15-13-27(2)14-16-28)26-22(19-9-11-25-12-10-19)17-21(24)18-5-7-20(29-3)8-6-18/h5-12,17,23H,4,13-16,24H2,1-3H3/b21-17-,26-22?/t23-/m0/s1. The summed E-state index contributed by atoms with van der Waals surface area (Å²) in [6.45, 7) is 6.38. The van der Waals surface area contributed by atoms with E-state index in [1.165, 1.54) is 0 Å². The summed E-state index contributed by atoms with van der Waals surface area (Å²) in [4.78, 5) is 14.1. The molecular formula is C23H31N5O. The Morgan fingerprint density at radius 3 is 2.34 bits per heavy atom. The Hall–Kier alpha value is -2.70. The highest BCUT2D eigenvalue weighted by Gasteiger charge is 2.21. The fourth-order valence-electron chi connectivity index (χ4n) is 3.44. The van der Waals surface area contributed by atoms with Crippen LogP contribution in [-0.4, -0.2) is 67.0 Å². The van der Waals surface area contributed by atoms with Crippen LogP contribution in [-0.2, 0) is 0 Å². The van der Waals surface area contributed by atoms with Gasteiger partial charge in [-0.15, -0.1) is 0 Å². The van der Waals surface area contributed by atoms with E-state index in [1.807, 2.05) is 42.5 Å². The fraction of sp³-hybridized carbons (Fsp3) is 0.391. The first-order valence-electron chi connectivity index (χ1n) is 10.1. The number of likely N-dealkylation sites (N-methyl/N-ethyl adjacent to an activating group) is 1. The Kier molecular flexibility index (Phi) is 7.38. The summed E-state index contributed by atoms with van der Waals surface area (Å²) >= 11 is 0. The number of hydrogen-bond acceptors (Lipinski definition) is 6. The highest BCUT2D eigenvalue weighted by Crippen LogP contribution is 2.18. The van der Waals surface area contributed by atoms with Gasteiger partial charge in [0, 0.05) is 49.8 Å². The molecule has 0 amide bonds. The zero-order chi connectivity index (χ0) is 20.6. The second-order valence-corrected chi connectivity index (χ2v) is 7.31. The number of aromatic nitrogens is 1. The maximum absolute atomic E-state index is 6.44. The first kappa shape index (κ1) is 21.0. The number of piperazine rings is 1. The Balaban J connectivity index is 1.92. The van der Waals surface area contributed by atoms with Crippen molar-refractivity contribution in [2.75, 3.05) is 40.3 Å². The molecule has 6 heteroatoms. The summed E-state index contributed by atoms with van der Waals surface area (Å²) < 4.78 is 5.24. The lowest BCUT2D eigenvalue weighted by Gasteiger charge is -2.36. The molecule has 1 atom stereocenters. The zero-order valence-electron chi connectivity index (χ0n) is 17.6. The largest absolute Gasteiger partial charge is 0.497 e. The van der Waals surface area contributed by atoms with Gasteiger partial charge < -0.3 is 15.4 Å². The molecule has 1 aliphatic rings. The topological polar surface area (TPSA) is 67.0 Å². The van der Waals surface area contributed by atoms with Gasteiger partial charge in [-0.25, -0.2) is 0 Å². The maximum atomic E-state index is 6.44. The van der Waals surface area contributed by atoms with Crippen LogP contribution in [0.25, 0.3) is 5.70 Å². The molecule has 2 N–H and O–H groups in total. The van der Waals surface area contributed by atoms with E-state index in [0.29, 0.717) is 5.70 Å². The summed E-state index contributed by atoms with van der Waals surface area (Å²) in [7, 11) is 3.83. The van der Waals surface area contributed by atoms with Crippen LogP contribution < -0.4 is 10.5 Å². The monoisotopic (exact) mass is 393 g/mol. The van der Waals surface area contributed by atoms with Crippen LogP contribution in [0.2, 0.25) is 0 Å². The number of pyridine rings is 1. The van der Waals surface area contributed by atoms with Gasteiger partial charge in [0.05, 0.1) is 12.8 Å². The highest BCUT2D eigenvalue weighted by atomic mass is 16.5. The van der Waals surface area contributed by atoms with Gasteiger partial charge in [-0.1, -0.05) is 6.92 Å². The van der Waals surface area contributed by atoms with E-state index in [1.54, 1.807) is 19.5 Å². The van der Waals surface area contributed by atoms with E-state index >= 15 is 0 Å². The summed E-state index contributed by atoms with van der Waals surface area (Å²) in [5.41, 5.74) is 9.96. The summed E-state index contributed by atoms with van der Waals surface area (Å²) in [6.07, 6.45) is 6.63. The van der Waals surface area contributed by atoms with E-state index in [9.17, 15) is 0 Å². The van der Waals surface area contributed by atoms with Crippen LogP contribution >= 0.6 is 0 Å². The van der Waals surface area contributed by atoms with Gasteiger partial charge in [-0.3, -0.25) is 14.9 Å². The van der Waals surface area contributed by atoms with Crippen LogP contribution in [0.5, 0.6) is 5.75 Å². The van der Waals surface area contributed by atoms with E-state index in [2.05, 4.69) is 28.8 Å². The molecule has 0 aliphatic carbocycles. The molecule has 0 unspecified atom stereocenters. The van der Waals surface area contributed by atoms with Crippen LogP contribution in [0, 0.1) is 0 Å². The first-order chi connectivity index (χ1) is 14.1. The molecule has 0 spiro atoms. The molecule has 0 bridgehead atoms. The van der Waals surface area contributed by atoms with Gasteiger partial charge in [0.15, 0.2) is 0 Å². The number of allylic oxidation sites excluding steroid dienone is 1. The SMILES string of the molecule is CC[C@@H](N=C(/C=C(\N)c1ccc(OC)cc1)c1ccncc1)N1CCN(C)CC1. The van der Waals surface area contributed by atoms with Crippen molar-refractivity contribution in [1.82, 2.24) is 14.8 Å². The van der Waals surface area contributed by atoms with Crippen LogP contribution in [0.4, 0.5) is 0 Å². The highest BCUT2D eigenvalue weighted by molar-refractivity contribution is 6.12. The molecule has 1 aromatic carbocycles. The predicted octanol–water partition coefficient (Wildman–Crippen LogP) is 2.86. The van der Waals surface area contributed by atoms with E-state index in [4.69, 9.17) is 15.5 Å². The Morgan fingerprint density at radius 1 is 1.10 bits per heavy atom. The van der Waals surface area contributed by atoms with Crippen molar-refractivity contribution in [2.45, 2.75) is 19.5 Å². The lowest BCUT2D eigenvalue weighted by Crippen LogP contribution is -2.48. The number of aliphatic imine (C=N–C) groups is 1. The molecule has 3 rings (SSSR count). The second-order valence-electron chi connectivity index (χ2n) is 7.31. The molecule has 1 fully saturated rings. The minimum atomic E-state index is 0.131. The normalized spacial score (nSPS) is 17.9. The van der Waals surface area contributed by atoms with E-state index < -0.39 is 0 Å². The molecular weight excluding hydrogens is 362 g/mol. The molecule has 154 valence electrons. The van der Waals surface area contributed by atoms with Crippen molar-refractivity contribution in [3.8, 4) is 5.75 Å². The lowest BCUT2D eigenvalue weighted by molar-refractivity contribution is 0.113. The van der Waals surface area contributed by atoms with E-state index in [-0.39, 0.29) is 6.17 Å². The zero-order valence-corrected chi connectivity index (χ0v) is 17.6. The number of benzene rings is 1. The molecule has 0 radical (unpaired) electrons. The third-order valence-corrected chi connectivity index (χ3v) is 5.30. The van der Waals surface area contributed by atoms with E-state index in [0.717, 1.165) is 55.2 Å². The lowest BCUT2D eigenvalue weighted by atomic mass is 10.1. The van der Waals surface area contributed by atoms with Crippen LogP contribution in [0.3, 0.4) is 0 Å². The molecule has 2 heterocycles. The van der Waals surface area contributed by atoms with Gasteiger partial charge in [0.1, 0.15) is 11.9 Å². The maximum Gasteiger partial charge on any atom is 0.118 e. The molecule has 0 saturated carbocycles. The van der Waals surface area contributed by atoms with Gasteiger partial charge in [0.25, 0.3) is 0 Å². The van der Waals surface area contributed by atoms with Crippen LogP contribution in [0.1, 0.15) is 24.5 Å². The quantitative estimate of drug-likeness (QED) is 0.733. The number of hydrogen-bond donors (Lipinski definition) is 1. The van der Waals surface area contributed by atoms with Crippen molar-refractivity contribution in [3.63, 3.8) is 0 Å². The van der Waals surface area contributed by atoms with Crippen molar-refractivity contribution in [2.24, 2.45) is 10.7 Å². The van der Waals surface area contributed by atoms with Crippen molar-refractivity contribution < 1.29 is 4.74 Å². The average molecular weight is 394 g/mol. The minimum absolute atomic E-state index is 0.131. The average Bonchev–Trinajstić information content (AvgIpc) is 2.78. The fourth-order valence-corrected chi connectivity index (χ4v) is 3.44. The van der Waals surface area contributed by atoms with Gasteiger partial charge in [0.2, 0.25) is 0 Å². The van der Waals surface area contributed by atoms with Crippen LogP contribution in [0.15, 0.2) is 59.9 Å². The Morgan fingerprint density at radius 2 is 1.76 bits per heavy atom. The van der Waals surface area contributed by atoms with Crippen molar-refractivity contribution >= 4 is 11.4 Å². The predicted molar refractivity (Wildman–Crippen MR) is 119 cm³/mol. The van der Waals surface area contributed by atoms with Crippen molar-refractivity contribution in [1.29, 1.82) is 0 Å². The summed E-state index contributed by atoms with van der Waals surface area (Å²) in [6, 6.07) is 11.7.